The van der Waals surface area contributed by atoms with E-state index in [0.29, 0.717) is 16.5 Å². The smallest absolute Gasteiger partial charge is 0.243 e. The van der Waals surface area contributed by atoms with Gasteiger partial charge in [0, 0.05) is 23.7 Å². The van der Waals surface area contributed by atoms with E-state index in [4.69, 9.17) is 16.3 Å². The number of aryl methyl sites for hydroxylation is 1. The van der Waals surface area contributed by atoms with Crippen LogP contribution >= 0.6 is 11.6 Å². The van der Waals surface area contributed by atoms with E-state index in [1.165, 1.54) is 12.0 Å². The largest absolute Gasteiger partial charge is 0.495 e. The lowest BCUT2D eigenvalue weighted by atomic mass is 10.1. The van der Waals surface area contributed by atoms with Gasteiger partial charge in [-0.2, -0.15) is 0 Å². The third kappa shape index (κ3) is 4.91. The van der Waals surface area contributed by atoms with Crippen molar-refractivity contribution in [1.82, 2.24) is 5.32 Å². The fourth-order valence-electron chi connectivity index (χ4n) is 3.45. The lowest BCUT2D eigenvalue weighted by molar-refractivity contribution is -0.127. The van der Waals surface area contributed by atoms with Crippen LogP contribution in [-0.2, 0) is 20.8 Å². The van der Waals surface area contributed by atoms with Gasteiger partial charge in [-0.3, -0.25) is 14.4 Å². The Morgan fingerprint density at radius 1 is 1.23 bits per heavy atom. The summed E-state index contributed by atoms with van der Waals surface area (Å²) in [5, 5.41) is 5.91. The van der Waals surface area contributed by atoms with Crippen molar-refractivity contribution in [1.29, 1.82) is 0 Å². The zero-order valence-corrected chi connectivity index (χ0v) is 17.7. The maximum Gasteiger partial charge on any atom is 0.243 e. The summed E-state index contributed by atoms with van der Waals surface area (Å²) in [4.78, 5) is 38.8. The van der Waals surface area contributed by atoms with Gasteiger partial charge in [0.15, 0.2) is 0 Å². The van der Waals surface area contributed by atoms with E-state index >= 15 is 0 Å². The molecule has 1 saturated heterocycles. The van der Waals surface area contributed by atoms with Gasteiger partial charge in [-0.15, -0.1) is 0 Å². The van der Waals surface area contributed by atoms with Crippen molar-refractivity contribution >= 4 is 40.7 Å². The Bertz CT molecular complexity index is 963. The number of para-hydroxylation sites is 1. The summed E-state index contributed by atoms with van der Waals surface area (Å²) in [6.45, 7) is 2.04. The number of halogens is 1. The van der Waals surface area contributed by atoms with Crippen molar-refractivity contribution in [2.24, 2.45) is 5.92 Å². The number of rotatable bonds is 7. The molecule has 0 aromatic heterocycles. The highest BCUT2D eigenvalue weighted by molar-refractivity contribution is 6.31. The predicted molar refractivity (Wildman–Crippen MR) is 116 cm³/mol. The second-order valence-electron chi connectivity index (χ2n) is 7.00. The van der Waals surface area contributed by atoms with Crippen LogP contribution in [0.2, 0.25) is 5.02 Å². The fourth-order valence-corrected chi connectivity index (χ4v) is 3.61. The first-order chi connectivity index (χ1) is 14.4. The Morgan fingerprint density at radius 2 is 2.00 bits per heavy atom. The highest BCUT2D eigenvalue weighted by atomic mass is 35.5. The van der Waals surface area contributed by atoms with E-state index in [2.05, 4.69) is 10.6 Å². The van der Waals surface area contributed by atoms with Gasteiger partial charge in [0.05, 0.1) is 25.3 Å². The summed E-state index contributed by atoms with van der Waals surface area (Å²) in [6.07, 6.45) is 0.845. The quantitative estimate of drug-likeness (QED) is 0.708. The van der Waals surface area contributed by atoms with E-state index in [-0.39, 0.29) is 37.2 Å². The van der Waals surface area contributed by atoms with Crippen LogP contribution in [0.1, 0.15) is 18.9 Å². The van der Waals surface area contributed by atoms with E-state index in [9.17, 15) is 14.4 Å². The van der Waals surface area contributed by atoms with Crippen molar-refractivity contribution in [3.8, 4) is 5.75 Å². The van der Waals surface area contributed by atoms with Gasteiger partial charge in [-0.05, 0) is 36.2 Å². The number of hydrogen-bond acceptors (Lipinski definition) is 4. The summed E-state index contributed by atoms with van der Waals surface area (Å²) in [5.41, 5.74) is 2.28. The van der Waals surface area contributed by atoms with E-state index < -0.39 is 5.92 Å². The summed E-state index contributed by atoms with van der Waals surface area (Å²) in [7, 11) is 1.51. The molecule has 2 N–H and O–H groups in total. The van der Waals surface area contributed by atoms with E-state index in [0.717, 1.165) is 17.7 Å². The Balaban J connectivity index is 1.58. The number of nitrogens with zero attached hydrogens (tertiary/aromatic N) is 1. The monoisotopic (exact) mass is 429 g/mol. The molecule has 8 heteroatoms. The van der Waals surface area contributed by atoms with E-state index in [1.54, 1.807) is 18.2 Å². The number of carbonyl (C=O) groups excluding carboxylic acids is 3. The number of anilines is 2. The van der Waals surface area contributed by atoms with Crippen LogP contribution in [0.25, 0.3) is 0 Å². The molecule has 0 bridgehead atoms. The average molecular weight is 430 g/mol. The second-order valence-corrected chi connectivity index (χ2v) is 7.43. The molecule has 3 amide bonds. The average Bonchev–Trinajstić information content (AvgIpc) is 3.14. The van der Waals surface area contributed by atoms with Gasteiger partial charge in [-0.25, -0.2) is 0 Å². The summed E-state index contributed by atoms with van der Waals surface area (Å²) in [5.74, 6) is -0.913. The third-order valence-electron chi connectivity index (χ3n) is 5.02. The molecule has 2 aromatic rings. The SMILES string of the molecule is CCc1ccccc1NC(=O)CNC(=O)[C@@H]1CC(=O)N(c2cc(Cl)ccc2OC)C1. The first kappa shape index (κ1) is 21.6. The summed E-state index contributed by atoms with van der Waals surface area (Å²) in [6, 6.07) is 12.5. The molecule has 1 fully saturated rings. The molecule has 0 spiro atoms. The maximum atomic E-state index is 12.5. The number of methoxy groups -OCH3 is 1. The fraction of sp³-hybridized carbons (Fsp3) is 0.318. The van der Waals surface area contributed by atoms with Crippen molar-refractivity contribution in [2.45, 2.75) is 19.8 Å². The zero-order valence-electron chi connectivity index (χ0n) is 16.9. The van der Waals surface area contributed by atoms with Gasteiger partial charge in [0.1, 0.15) is 5.75 Å². The zero-order chi connectivity index (χ0) is 21.7. The Labute approximate surface area is 180 Å². The number of ether oxygens (including phenoxy) is 1. The number of carbonyl (C=O) groups is 3. The van der Waals surface area contributed by atoms with Gasteiger partial charge in [0.2, 0.25) is 17.7 Å². The minimum atomic E-state index is -0.558. The first-order valence-electron chi connectivity index (χ1n) is 9.72. The normalized spacial score (nSPS) is 15.8. The molecule has 0 saturated carbocycles. The third-order valence-corrected chi connectivity index (χ3v) is 5.26. The van der Waals surface area contributed by atoms with Crippen LogP contribution in [0.15, 0.2) is 42.5 Å². The van der Waals surface area contributed by atoms with Gasteiger partial charge < -0.3 is 20.3 Å². The molecule has 30 heavy (non-hydrogen) atoms. The molecule has 0 aliphatic carbocycles. The molecule has 2 aromatic carbocycles. The number of amides is 3. The second kappa shape index (κ2) is 9.63. The lowest BCUT2D eigenvalue weighted by Gasteiger charge is -2.20. The Morgan fingerprint density at radius 3 is 2.73 bits per heavy atom. The number of hydrogen-bond donors (Lipinski definition) is 2. The molecule has 0 radical (unpaired) electrons. The minimum absolute atomic E-state index is 0.0573. The summed E-state index contributed by atoms with van der Waals surface area (Å²) < 4.78 is 5.31. The predicted octanol–water partition coefficient (Wildman–Crippen LogP) is 3.02. The highest BCUT2D eigenvalue weighted by Crippen LogP contribution is 2.35. The molecule has 158 valence electrons. The van der Waals surface area contributed by atoms with Gasteiger partial charge >= 0.3 is 0 Å². The van der Waals surface area contributed by atoms with Crippen molar-refractivity contribution < 1.29 is 19.1 Å². The highest BCUT2D eigenvalue weighted by Gasteiger charge is 2.36. The minimum Gasteiger partial charge on any atom is -0.495 e. The maximum absolute atomic E-state index is 12.5. The molecule has 0 unspecified atom stereocenters. The Kier molecular flexibility index (Phi) is 6.95. The molecule has 1 atom stereocenters. The van der Waals surface area contributed by atoms with Gasteiger partial charge in [-0.1, -0.05) is 36.7 Å². The van der Waals surface area contributed by atoms with Crippen LogP contribution in [0.3, 0.4) is 0 Å². The topological polar surface area (TPSA) is 87.7 Å². The van der Waals surface area contributed by atoms with Crippen LogP contribution in [0.5, 0.6) is 5.75 Å². The number of benzene rings is 2. The molecule has 1 aliphatic rings. The first-order valence-corrected chi connectivity index (χ1v) is 10.1. The van der Waals surface area contributed by atoms with Crippen LogP contribution < -0.4 is 20.3 Å². The standard InChI is InChI=1S/C22H24ClN3O4/c1-3-14-6-4-5-7-17(14)25-20(27)12-24-22(29)15-10-21(28)26(13-15)18-11-16(23)8-9-19(18)30-2/h4-9,11,15H,3,10,12-13H2,1-2H3,(H,24,29)(H,25,27)/t15-/m1/s1. The van der Waals surface area contributed by atoms with Crippen LogP contribution in [-0.4, -0.2) is 37.9 Å². The lowest BCUT2D eigenvalue weighted by Crippen LogP contribution is -2.38. The molecule has 3 rings (SSSR count). The van der Waals surface area contributed by atoms with Crippen LogP contribution in [0, 0.1) is 5.92 Å². The molecular weight excluding hydrogens is 406 g/mol. The Hall–Kier alpha value is -3.06. The summed E-state index contributed by atoms with van der Waals surface area (Å²) >= 11 is 6.05. The van der Waals surface area contributed by atoms with E-state index in [1.807, 2.05) is 31.2 Å². The number of nitrogens with one attached hydrogen (secondary N) is 2. The van der Waals surface area contributed by atoms with Gasteiger partial charge in [0.25, 0.3) is 0 Å². The van der Waals surface area contributed by atoms with Crippen molar-refractivity contribution in [2.75, 3.05) is 30.4 Å². The van der Waals surface area contributed by atoms with Crippen molar-refractivity contribution in [3.63, 3.8) is 0 Å². The molecule has 1 heterocycles. The van der Waals surface area contributed by atoms with Crippen LogP contribution in [0.4, 0.5) is 11.4 Å². The molecular formula is C22H24ClN3O4. The molecule has 7 nitrogen and oxygen atoms in total. The molecule has 1 aliphatic heterocycles. The van der Waals surface area contributed by atoms with Crippen molar-refractivity contribution in [3.05, 3.63) is 53.1 Å².